The molecular formula is C23H24ClN3O4S. The number of fused-ring (bicyclic) bond motifs is 3. The van der Waals surface area contributed by atoms with Crippen LogP contribution in [0, 0.1) is 0 Å². The summed E-state index contributed by atoms with van der Waals surface area (Å²) in [4.78, 5) is 4.46. The third-order valence-corrected chi connectivity index (χ3v) is 6.68. The zero-order valence-corrected chi connectivity index (χ0v) is 19.4. The van der Waals surface area contributed by atoms with Crippen molar-refractivity contribution < 1.29 is 18.1 Å². The third-order valence-electron chi connectivity index (χ3n) is 5.53. The van der Waals surface area contributed by atoms with E-state index in [1.165, 1.54) is 6.07 Å². The fourth-order valence-corrected chi connectivity index (χ4v) is 4.79. The zero-order valence-electron chi connectivity index (χ0n) is 17.8. The highest BCUT2D eigenvalue weighted by Crippen LogP contribution is 2.37. The SMILES string of the molecule is CCCCCc1nc2ccc3cc(S(=O)(=O)O)cc(O)c3c2n1N(C)c1ccccc1Cl. The third kappa shape index (κ3) is 4.01. The Morgan fingerprint density at radius 2 is 1.88 bits per heavy atom. The van der Waals surface area contributed by atoms with Crippen molar-refractivity contribution in [2.24, 2.45) is 0 Å². The molecule has 1 heterocycles. The summed E-state index contributed by atoms with van der Waals surface area (Å²) >= 11 is 6.47. The Morgan fingerprint density at radius 3 is 2.56 bits per heavy atom. The number of nitrogens with zero attached hydrogens (tertiary/aromatic N) is 3. The van der Waals surface area contributed by atoms with Crippen LogP contribution in [0.5, 0.6) is 5.75 Å². The van der Waals surface area contributed by atoms with Crippen molar-refractivity contribution in [3.63, 3.8) is 0 Å². The molecule has 0 aliphatic heterocycles. The van der Waals surface area contributed by atoms with Gasteiger partial charge >= 0.3 is 0 Å². The fraction of sp³-hybridized carbons (Fsp3) is 0.261. The van der Waals surface area contributed by atoms with E-state index in [0.29, 0.717) is 26.8 Å². The van der Waals surface area contributed by atoms with Crippen molar-refractivity contribution in [3.05, 3.63) is 59.4 Å². The number of aromatic hydroxyl groups is 1. The van der Waals surface area contributed by atoms with Gasteiger partial charge in [0.05, 0.1) is 26.5 Å². The number of phenolic OH excluding ortho intramolecular Hbond substituents is 1. The minimum atomic E-state index is -4.47. The van der Waals surface area contributed by atoms with Gasteiger partial charge < -0.3 is 5.11 Å². The molecule has 2 N–H and O–H groups in total. The summed E-state index contributed by atoms with van der Waals surface area (Å²) in [5.74, 6) is 0.552. The minimum absolute atomic E-state index is 0.255. The number of para-hydroxylation sites is 1. The first-order chi connectivity index (χ1) is 15.2. The molecule has 0 fully saturated rings. The van der Waals surface area contributed by atoms with E-state index in [9.17, 15) is 18.1 Å². The lowest BCUT2D eigenvalue weighted by Crippen LogP contribution is -2.27. The second-order valence-corrected chi connectivity index (χ2v) is 9.55. The zero-order chi connectivity index (χ0) is 23.0. The molecule has 32 heavy (non-hydrogen) atoms. The average molecular weight is 474 g/mol. The lowest BCUT2D eigenvalue weighted by atomic mass is 10.1. The van der Waals surface area contributed by atoms with Crippen molar-refractivity contribution in [1.29, 1.82) is 0 Å². The van der Waals surface area contributed by atoms with E-state index in [1.807, 2.05) is 34.9 Å². The second-order valence-electron chi connectivity index (χ2n) is 7.72. The predicted octanol–water partition coefficient (Wildman–Crippen LogP) is 5.43. The van der Waals surface area contributed by atoms with Crippen LogP contribution in [0.4, 0.5) is 5.69 Å². The number of phenols is 1. The Bertz CT molecular complexity index is 1420. The van der Waals surface area contributed by atoms with Gasteiger partial charge in [-0.05, 0) is 36.1 Å². The molecule has 0 unspecified atom stereocenters. The van der Waals surface area contributed by atoms with Gasteiger partial charge in [-0.2, -0.15) is 8.42 Å². The lowest BCUT2D eigenvalue weighted by molar-refractivity contribution is 0.471. The molecule has 0 atom stereocenters. The van der Waals surface area contributed by atoms with Crippen LogP contribution in [-0.2, 0) is 16.5 Å². The summed E-state index contributed by atoms with van der Waals surface area (Å²) in [5.41, 5.74) is 2.06. The highest BCUT2D eigenvalue weighted by Gasteiger charge is 2.22. The number of unbranched alkanes of at least 4 members (excludes halogenated alkanes) is 2. The molecule has 168 valence electrons. The smallest absolute Gasteiger partial charge is 0.294 e. The van der Waals surface area contributed by atoms with Crippen molar-refractivity contribution in [3.8, 4) is 5.75 Å². The van der Waals surface area contributed by atoms with E-state index in [-0.39, 0.29) is 10.6 Å². The molecule has 1 aromatic heterocycles. The molecule has 0 radical (unpaired) electrons. The van der Waals surface area contributed by atoms with Crippen LogP contribution < -0.4 is 5.01 Å². The molecular weight excluding hydrogens is 450 g/mol. The van der Waals surface area contributed by atoms with Crippen LogP contribution >= 0.6 is 11.6 Å². The molecule has 9 heteroatoms. The van der Waals surface area contributed by atoms with Crippen molar-refractivity contribution >= 4 is 49.2 Å². The first-order valence-corrected chi connectivity index (χ1v) is 12.2. The van der Waals surface area contributed by atoms with Crippen molar-refractivity contribution in [2.75, 3.05) is 12.1 Å². The van der Waals surface area contributed by atoms with Crippen LogP contribution in [-0.4, -0.2) is 34.8 Å². The van der Waals surface area contributed by atoms with Gasteiger partial charge in [-0.1, -0.05) is 49.6 Å². The van der Waals surface area contributed by atoms with E-state index >= 15 is 0 Å². The van der Waals surface area contributed by atoms with Crippen LogP contribution in [0.25, 0.3) is 21.8 Å². The first kappa shape index (κ1) is 22.4. The maximum Gasteiger partial charge on any atom is 0.294 e. The molecule has 0 spiro atoms. The van der Waals surface area contributed by atoms with Crippen LogP contribution in [0.15, 0.2) is 53.4 Å². The Hall–Kier alpha value is -2.81. The van der Waals surface area contributed by atoms with Gasteiger partial charge in [0.2, 0.25) is 0 Å². The number of aromatic nitrogens is 2. The molecule has 0 aliphatic rings. The van der Waals surface area contributed by atoms with E-state index in [1.54, 1.807) is 18.2 Å². The summed E-state index contributed by atoms with van der Waals surface area (Å²) in [7, 11) is -2.60. The van der Waals surface area contributed by atoms with E-state index in [4.69, 9.17) is 16.6 Å². The number of benzene rings is 3. The first-order valence-electron chi connectivity index (χ1n) is 10.4. The Balaban J connectivity index is 2.03. The van der Waals surface area contributed by atoms with E-state index in [0.717, 1.165) is 43.3 Å². The highest BCUT2D eigenvalue weighted by molar-refractivity contribution is 7.85. The van der Waals surface area contributed by atoms with Crippen molar-refractivity contribution in [2.45, 2.75) is 37.5 Å². The van der Waals surface area contributed by atoms with Crippen molar-refractivity contribution in [1.82, 2.24) is 9.66 Å². The Labute approximate surface area is 191 Å². The van der Waals surface area contributed by atoms with E-state index in [2.05, 4.69) is 6.92 Å². The van der Waals surface area contributed by atoms with Crippen LogP contribution in [0.3, 0.4) is 0 Å². The van der Waals surface area contributed by atoms with Crippen LogP contribution in [0.2, 0.25) is 5.02 Å². The topological polar surface area (TPSA) is 95.7 Å². The number of halogens is 1. The maximum atomic E-state index is 11.6. The van der Waals surface area contributed by atoms with Gasteiger partial charge in [0, 0.05) is 19.5 Å². The summed E-state index contributed by atoms with van der Waals surface area (Å²) < 4.78 is 34.7. The molecule has 0 saturated heterocycles. The number of hydrogen-bond donors (Lipinski definition) is 2. The number of aryl methyl sites for hydroxylation is 1. The van der Waals surface area contributed by atoms with Gasteiger partial charge in [0.1, 0.15) is 17.1 Å². The molecule has 4 rings (SSSR count). The summed E-state index contributed by atoms with van der Waals surface area (Å²) in [6.45, 7) is 2.14. The second kappa shape index (κ2) is 8.61. The minimum Gasteiger partial charge on any atom is -0.507 e. The Morgan fingerprint density at radius 1 is 1.12 bits per heavy atom. The summed E-state index contributed by atoms with van der Waals surface area (Å²) in [6, 6.07) is 13.3. The fourth-order valence-electron chi connectivity index (χ4n) is 4.00. The summed E-state index contributed by atoms with van der Waals surface area (Å²) in [5, 5.41) is 14.2. The van der Waals surface area contributed by atoms with Gasteiger partial charge in [0.15, 0.2) is 0 Å². The number of imidazole rings is 1. The normalized spacial score (nSPS) is 12.0. The highest BCUT2D eigenvalue weighted by atomic mass is 35.5. The number of hydrogen-bond acceptors (Lipinski definition) is 5. The molecule has 7 nitrogen and oxygen atoms in total. The quantitative estimate of drug-likeness (QED) is 0.274. The molecule has 0 aliphatic carbocycles. The maximum absolute atomic E-state index is 11.6. The molecule has 4 aromatic rings. The monoisotopic (exact) mass is 473 g/mol. The number of anilines is 1. The molecule has 0 saturated carbocycles. The van der Waals surface area contributed by atoms with Gasteiger partial charge in [-0.3, -0.25) is 9.56 Å². The molecule has 0 amide bonds. The van der Waals surface area contributed by atoms with Gasteiger partial charge in [-0.25, -0.2) is 9.66 Å². The summed E-state index contributed by atoms with van der Waals surface area (Å²) in [6.07, 6.45) is 3.81. The molecule has 3 aromatic carbocycles. The Kier molecular flexibility index (Phi) is 6.03. The van der Waals surface area contributed by atoms with E-state index < -0.39 is 10.1 Å². The predicted molar refractivity (Wildman–Crippen MR) is 127 cm³/mol. The van der Waals surface area contributed by atoms with Gasteiger partial charge in [-0.15, -0.1) is 0 Å². The molecule has 0 bridgehead atoms. The average Bonchev–Trinajstić information content (AvgIpc) is 3.11. The van der Waals surface area contributed by atoms with Gasteiger partial charge in [0.25, 0.3) is 10.1 Å². The number of rotatable bonds is 7. The standard InChI is InChI=1S/C23H24ClN3O4S/c1-3-4-5-10-21-25-18-12-11-15-13-16(32(29,30)31)14-20(28)22(15)23(18)27(21)26(2)19-9-7-6-8-17(19)24/h6-9,11-14,28H,3-5,10H2,1-2H3,(H,29,30,31). The lowest BCUT2D eigenvalue weighted by Gasteiger charge is -2.25. The van der Waals surface area contributed by atoms with Crippen LogP contribution in [0.1, 0.15) is 32.0 Å². The largest absolute Gasteiger partial charge is 0.507 e.